The quantitative estimate of drug-likeness (QED) is 0.669. The van der Waals surface area contributed by atoms with Crippen LogP contribution in [0, 0.1) is 0 Å². The molecule has 0 spiro atoms. The number of nitrogen functional groups attached to an aromatic ring is 1. The molecule has 18 heavy (non-hydrogen) atoms. The van der Waals surface area contributed by atoms with Gasteiger partial charge in [0, 0.05) is 29.2 Å². The highest BCUT2D eigenvalue weighted by Gasteiger charge is 2.09. The molecule has 0 saturated carbocycles. The molecule has 0 unspecified atom stereocenters. The van der Waals surface area contributed by atoms with E-state index in [9.17, 15) is 0 Å². The Bertz CT molecular complexity index is 660. The third-order valence-corrected chi connectivity index (χ3v) is 2.62. The maximum atomic E-state index is 5.90. The Morgan fingerprint density at radius 2 is 1.94 bits per heavy atom. The number of rotatable bonds is 2. The van der Waals surface area contributed by atoms with Crippen molar-refractivity contribution >= 4 is 5.69 Å². The monoisotopic (exact) mass is 237 g/mol. The Hall–Kier alpha value is -2.69. The molecule has 88 valence electrons. The number of anilines is 1. The van der Waals surface area contributed by atoms with Crippen molar-refractivity contribution in [3.8, 4) is 22.8 Å². The summed E-state index contributed by atoms with van der Waals surface area (Å²) in [4.78, 5) is 8.47. The van der Waals surface area contributed by atoms with Gasteiger partial charge in [0.25, 0.3) is 0 Å². The van der Waals surface area contributed by atoms with Gasteiger partial charge in [-0.1, -0.05) is 12.1 Å². The van der Waals surface area contributed by atoms with Crippen LogP contribution in [-0.4, -0.2) is 20.2 Å². The van der Waals surface area contributed by atoms with E-state index < -0.39 is 0 Å². The molecule has 0 radical (unpaired) electrons. The molecule has 0 fully saturated rings. The van der Waals surface area contributed by atoms with Gasteiger partial charge in [0.1, 0.15) is 0 Å². The summed E-state index contributed by atoms with van der Waals surface area (Å²) < 4.78 is 0. The minimum atomic E-state index is 0.612. The highest BCUT2D eigenvalue weighted by Crippen LogP contribution is 2.23. The molecule has 3 rings (SSSR count). The molecule has 0 atom stereocenters. The maximum absolute atomic E-state index is 5.90. The maximum Gasteiger partial charge on any atom is 0.183 e. The van der Waals surface area contributed by atoms with Crippen LogP contribution in [-0.2, 0) is 0 Å². The van der Waals surface area contributed by atoms with Crippen molar-refractivity contribution in [1.82, 2.24) is 20.2 Å². The van der Waals surface area contributed by atoms with E-state index in [1.165, 1.54) is 0 Å². The minimum absolute atomic E-state index is 0.612. The predicted octanol–water partition coefficient (Wildman–Crippen LogP) is 2.12. The number of aromatic nitrogens is 4. The lowest BCUT2D eigenvalue weighted by Crippen LogP contribution is -1.90. The van der Waals surface area contributed by atoms with Gasteiger partial charge in [0.15, 0.2) is 11.6 Å². The first kappa shape index (κ1) is 10.5. The molecule has 3 N–H and O–H groups in total. The summed E-state index contributed by atoms with van der Waals surface area (Å²) in [5.74, 6) is 1.27. The van der Waals surface area contributed by atoms with Crippen molar-refractivity contribution in [1.29, 1.82) is 0 Å². The molecule has 0 aliphatic carbocycles. The zero-order chi connectivity index (χ0) is 12.4. The van der Waals surface area contributed by atoms with Crippen LogP contribution in [0.1, 0.15) is 0 Å². The van der Waals surface area contributed by atoms with E-state index in [4.69, 9.17) is 5.73 Å². The SMILES string of the molecule is Nc1ccccc1-c1nc(-c2cccnc2)n[nH]1. The Balaban J connectivity index is 2.03. The highest BCUT2D eigenvalue weighted by atomic mass is 15.2. The average Bonchev–Trinajstić information content (AvgIpc) is 2.90. The summed E-state index contributed by atoms with van der Waals surface area (Å²) in [6, 6.07) is 11.3. The standard InChI is InChI=1S/C13H11N5/c14-11-6-2-1-5-10(11)13-16-12(17-18-13)9-4-3-7-15-8-9/h1-8H,14H2,(H,16,17,18). The number of aromatic amines is 1. The molecule has 5 nitrogen and oxygen atoms in total. The van der Waals surface area contributed by atoms with Crippen molar-refractivity contribution in [2.24, 2.45) is 0 Å². The zero-order valence-corrected chi connectivity index (χ0v) is 9.54. The zero-order valence-electron chi connectivity index (χ0n) is 9.54. The van der Waals surface area contributed by atoms with Gasteiger partial charge in [-0.05, 0) is 24.3 Å². The summed E-state index contributed by atoms with van der Waals surface area (Å²) in [5, 5.41) is 7.06. The van der Waals surface area contributed by atoms with Crippen LogP contribution in [0.3, 0.4) is 0 Å². The second-order valence-electron chi connectivity index (χ2n) is 3.84. The Morgan fingerprint density at radius 1 is 1.06 bits per heavy atom. The predicted molar refractivity (Wildman–Crippen MR) is 69.5 cm³/mol. The fraction of sp³-hybridized carbons (Fsp3) is 0. The molecule has 0 aliphatic heterocycles. The van der Waals surface area contributed by atoms with Crippen LogP contribution in [0.2, 0.25) is 0 Å². The molecule has 5 heteroatoms. The first-order valence-corrected chi connectivity index (χ1v) is 5.52. The first-order valence-electron chi connectivity index (χ1n) is 5.52. The van der Waals surface area contributed by atoms with Crippen molar-refractivity contribution < 1.29 is 0 Å². The van der Waals surface area contributed by atoms with E-state index in [0.29, 0.717) is 17.3 Å². The smallest absolute Gasteiger partial charge is 0.183 e. The largest absolute Gasteiger partial charge is 0.398 e. The third-order valence-electron chi connectivity index (χ3n) is 2.62. The van der Waals surface area contributed by atoms with Gasteiger partial charge in [0.2, 0.25) is 0 Å². The van der Waals surface area contributed by atoms with Crippen LogP contribution in [0.5, 0.6) is 0 Å². The molecule has 1 aromatic carbocycles. The molecular weight excluding hydrogens is 226 g/mol. The normalized spacial score (nSPS) is 10.4. The molecular formula is C13H11N5. The number of nitrogens with one attached hydrogen (secondary N) is 1. The third kappa shape index (κ3) is 1.82. The van der Waals surface area contributed by atoms with Crippen molar-refractivity contribution in [2.45, 2.75) is 0 Å². The number of pyridine rings is 1. The second kappa shape index (κ2) is 4.29. The van der Waals surface area contributed by atoms with E-state index in [1.54, 1.807) is 12.4 Å². The van der Waals surface area contributed by atoms with Gasteiger partial charge in [-0.15, -0.1) is 0 Å². The molecule has 0 saturated heterocycles. The average molecular weight is 237 g/mol. The molecule has 3 aromatic rings. The fourth-order valence-electron chi connectivity index (χ4n) is 1.72. The highest BCUT2D eigenvalue weighted by molar-refractivity contribution is 5.72. The van der Waals surface area contributed by atoms with E-state index in [0.717, 1.165) is 11.1 Å². The van der Waals surface area contributed by atoms with E-state index >= 15 is 0 Å². The lowest BCUT2D eigenvalue weighted by Gasteiger charge is -1.99. The Labute approximate surface area is 104 Å². The molecule has 2 heterocycles. The molecule has 0 bridgehead atoms. The van der Waals surface area contributed by atoms with E-state index in [2.05, 4.69) is 20.2 Å². The molecule has 0 aliphatic rings. The van der Waals surface area contributed by atoms with Crippen molar-refractivity contribution in [3.63, 3.8) is 0 Å². The van der Waals surface area contributed by atoms with Crippen LogP contribution >= 0.6 is 0 Å². The van der Waals surface area contributed by atoms with Crippen LogP contribution in [0.15, 0.2) is 48.8 Å². The van der Waals surface area contributed by atoms with Crippen molar-refractivity contribution in [3.05, 3.63) is 48.8 Å². The van der Waals surface area contributed by atoms with Gasteiger partial charge in [0.05, 0.1) is 0 Å². The number of nitrogens with zero attached hydrogens (tertiary/aromatic N) is 3. The van der Waals surface area contributed by atoms with Crippen LogP contribution in [0.4, 0.5) is 5.69 Å². The molecule has 0 amide bonds. The number of H-pyrrole nitrogens is 1. The minimum Gasteiger partial charge on any atom is -0.398 e. The van der Waals surface area contributed by atoms with Gasteiger partial charge < -0.3 is 5.73 Å². The lowest BCUT2D eigenvalue weighted by molar-refractivity contribution is 1.10. The number of para-hydroxylation sites is 1. The van der Waals surface area contributed by atoms with Crippen LogP contribution < -0.4 is 5.73 Å². The fourth-order valence-corrected chi connectivity index (χ4v) is 1.72. The van der Waals surface area contributed by atoms with Gasteiger partial charge in [-0.2, -0.15) is 5.10 Å². The van der Waals surface area contributed by atoms with Gasteiger partial charge in [-0.3, -0.25) is 10.1 Å². The van der Waals surface area contributed by atoms with E-state index in [-0.39, 0.29) is 0 Å². The van der Waals surface area contributed by atoms with Crippen LogP contribution in [0.25, 0.3) is 22.8 Å². The van der Waals surface area contributed by atoms with Gasteiger partial charge >= 0.3 is 0 Å². The summed E-state index contributed by atoms with van der Waals surface area (Å²) in [6.45, 7) is 0. The Kier molecular flexibility index (Phi) is 2.49. The first-order chi connectivity index (χ1) is 8.84. The lowest BCUT2D eigenvalue weighted by atomic mass is 10.2. The number of hydrogen-bond donors (Lipinski definition) is 2. The summed E-state index contributed by atoms with van der Waals surface area (Å²) in [5.41, 5.74) is 8.29. The second-order valence-corrected chi connectivity index (χ2v) is 3.84. The summed E-state index contributed by atoms with van der Waals surface area (Å²) in [7, 11) is 0. The van der Waals surface area contributed by atoms with Gasteiger partial charge in [-0.25, -0.2) is 4.98 Å². The topological polar surface area (TPSA) is 80.5 Å². The summed E-state index contributed by atoms with van der Waals surface area (Å²) >= 11 is 0. The molecule has 2 aromatic heterocycles. The van der Waals surface area contributed by atoms with E-state index in [1.807, 2.05) is 36.4 Å². The summed E-state index contributed by atoms with van der Waals surface area (Å²) in [6.07, 6.45) is 3.44. The Morgan fingerprint density at radius 3 is 2.72 bits per heavy atom. The number of benzene rings is 1. The number of nitrogens with two attached hydrogens (primary N) is 1. The number of hydrogen-bond acceptors (Lipinski definition) is 4. The van der Waals surface area contributed by atoms with Crippen molar-refractivity contribution in [2.75, 3.05) is 5.73 Å².